The summed E-state index contributed by atoms with van der Waals surface area (Å²) < 4.78 is 6.08. The second kappa shape index (κ2) is 4.83. The molecule has 4 rings (SSSR count). The van der Waals surface area contributed by atoms with E-state index in [0.717, 1.165) is 38.5 Å². The summed E-state index contributed by atoms with van der Waals surface area (Å²) in [6.07, 6.45) is 5.97. The van der Waals surface area contributed by atoms with Gasteiger partial charge in [-0.1, -0.05) is 33.3 Å². The Morgan fingerprint density at radius 1 is 0.957 bits per heavy atom. The molecule has 1 saturated heterocycles. The zero-order chi connectivity index (χ0) is 16.6. The maximum Gasteiger partial charge on any atom is 0.0868 e. The maximum absolute atomic E-state index is 10.5. The van der Waals surface area contributed by atoms with Crippen molar-refractivity contribution in [2.45, 2.75) is 84.5 Å². The van der Waals surface area contributed by atoms with Crippen LogP contribution in [0.3, 0.4) is 0 Å². The lowest BCUT2D eigenvalue weighted by molar-refractivity contribution is -0.0948. The molecular weight excluding hydrogens is 288 g/mol. The summed E-state index contributed by atoms with van der Waals surface area (Å²) in [7, 11) is 0. The van der Waals surface area contributed by atoms with Crippen molar-refractivity contribution in [3.8, 4) is 0 Å². The third-order valence-electron chi connectivity index (χ3n) is 8.25. The van der Waals surface area contributed by atoms with Crippen LogP contribution in [0, 0.1) is 22.2 Å². The molecule has 0 bridgehead atoms. The molecule has 0 spiro atoms. The lowest BCUT2D eigenvalue weighted by Gasteiger charge is -2.59. The monoisotopic (exact) mass is 320 g/mol. The van der Waals surface area contributed by atoms with Crippen LogP contribution in [0.2, 0.25) is 0 Å². The van der Waals surface area contributed by atoms with Crippen LogP contribution in [0.4, 0.5) is 0 Å². The molecule has 3 aliphatic carbocycles. The van der Waals surface area contributed by atoms with Gasteiger partial charge in [0, 0.05) is 5.41 Å². The van der Waals surface area contributed by atoms with Gasteiger partial charge in [-0.05, 0) is 60.8 Å². The highest BCUT2D eigenvalue weighted by molar-refractivity contribution is 5.36. The van der Waals surface area contributed by atoms with E-state index in [4.69, 9.17) is 4.74 Å². The average molecular weight is 320 g/mol. The quantitative estimate of drug-likeness (QED) is 0.672. The minimum absolute atomic E-state index is 0.0116. The molecular formula is C20H32O3. The summed E-state index contributed by atoms with van der Waals surface area (Å²) in [6.45, 7) is 9.65. The lowest BCUT2D eigenvalue weighted by atomic mass is 9.47. The number of hydrogen-bond donors (Lipinski definition) is 2. The Bertz CT molecular complexity index is 551. The number of ether oxygens (including phenoxy) is 1. The van der Waals surface area contributed by atoms with Crippen molar-refractivity contribution in [1.82, 2.24) is 0 Å². The van der Waals surface area contributed by atoms with E-state index < -0.39 is 0 Å². The molecule has 23 heavy (non-hydrogen) atoms. The van der Waals surface area contributed by atoms with Crippen molar-refractivity contribution in [1.29, 1.82) is 0 Å². The first-order valence-corrected chi connectivity index (χ1v) is 9.41. The number of allylic oxidation sites excluding steroid dienone is 1. The van der Waals surface area contributed by atoms with E-state index in [9.17, 15) is 10.2 Å². The normalized spacial score (nSPS) is 51.9. The van der Waals surface area contributed by atoms with Crippen LogP contribution in [0.15, 0.2) is 11.1 Å². The largest absolute Gasteiger partial charge is 0.393 e. The van der Waals surface area contributed by atoms with Gasteiger partial charge >= 0.3 is 0 Å². The fraction of sp³-hybridized carbons (Fsp3) is 0.900. The summed E-state index contributed by atoms with van der Waals surface area (Å²) in [4.78, 5) is 0. The smallest absolute Gasteiger partial charge is 0.0868 e. The Balaban J connectivity index is 1.77. The van der Waals surface area contributed by atoms with Gasteiger partial charge in [-0.3, -0.25) is 0 Å². The first-order chi connectivity index (χ1) is 10.7. The molecule has 1 aliphatic heterocycles. The molecule has 3 heteroatoms. The van der Waals surface area contributed by atoms with Crippen LogP contribution in [0.25, 0.3) is 0 Å². The van der Waals surface area contributed by atoms with E-state index in [-0.39, 0.29) is 34.6 Å². The van der Waals surface area contributed by atoms with E-state index in [1.165, 1.54) is 5.57 Å². The molecule has 6 atom stereocenters. The predicted molar refractivity (Wildman–Crippen MR) is 90.0 cm³/mol. The van der Waals surface area contributed by atoms with Gasteiger partial charge in [0.1, 0.15) is 0 Å². The molecule has 0 aromatic carbocycles. The number of fused-ring (bicyclic) bond motifs is 4. The Morgan fingerprint density at radius 3 is 2.43 bits per heavy atom. The highest BCUT2D eigenvalue weighted by atomic mass is 16.5. The van der Waals surface area contributed by atoms with Crippen LogP contribution in [0.1, 0.15) is 66.2 Å². The van der Waals surface area contributed by atoms with Crippen LogP contribution >= 0.6 is 0 Å². The van der Waals surface area contributed by atoms with Gasteiger partial charge in [-0.2, -0.15) is 0 Å². The Morgan fingerprint density at radius 2 is 1.70 bits per heavy atom. The summed E-state index contributed by atoms with van der Waals surface area (Å²) in [5.74, 6) is 0.549. The van der Waals surface area contributed by atoms with Gasteiger partial charge in [0.05, 0.1) is 24.9 Å². The first kappa shape index (κ1) is 16.1. The Kier molecular flexibility index (Phi) is 3.38. The van der Waals surface area contributed by atoms with Crippen LogP contribution in [-0.2, 0) is 4.74 Å². The number of aliphatic hydroxyl groups is 2. The third kappa shape index (κ3) is 1.93. The molecule has 1 unspecified atom stereocenters. The van der Waals surface area contributed by atoms with Gasteiger partial charge in [0.2, 0.25) is 0 Å². The second-order valence-electron chi connectivity index (χ2n) is 9.62. The summed E-state index contributed by atoms with van der Waals surface area (Å²) in [6, 6.07) is 0. The Hall–Kier alpha value is -0.380. The predicted octanol–water partition coefficient (Wildman–Crippen LogP) is 3.44. The third-order valence-corrected chi connectivity index (χ3v) is 8.25. The molecule has 0 radical (unpaired) electrons. The average Bonchev–Trinajstić information content (AvgIpc) is 2.79. The molecule has 3 nitrogen and oxygen atoms in total. The van der Waals surface area contributed by atoms with Crippen molar-refractivity contribution in [3.05, 3.63) is 11.1 Å². The minimum Gasteiger partial charge on any atom is -0.393 e. The fourth-order valence-corrected chi connectivity index (χ4v) is 6.57. The van der Waals surface area contributed by atoms with Crippen molar-refractivity contribution in [3.63, 3.8) is 0 Å². The summed E-state index contributed by atoms with van der Waals surface area (Å²) >= 11 is 0. The molecule has 0 aromatic heterocycles. The van der Waals surface area contributed by atoms with Crippen molar-refractivity contribution >= 4 is 0 Å². The molecule has 1 heterocycles. The first-order valence-electron chi connectivity index (χ1n) is 9.41. The fourth-order valence-electron chi connectivity index (χ4n) is 6.57. The minimum atomic E-state index is -0.323. The topological polar surface area (TPSA) is 49.7 Å². The maximum atomic E-state index is 10.5. The SMILES string of the molecule is CC1(C)C2CCC3=C(CC[C@]4(C)[C@H](O)CO[C@@H]34)[C@]2(C)CC[C@@H]1O. The molecule has 4 aliphatic rings. The molecule has 130 valence electrons. The molecule has 2 fully saturated rings. The second-order valence-corrected chi connectivity index (χ2v) is 9.62. The number of rotatable bonds is 0. The van der Waals surface area contributed by atoms with Crippen LogP contribution < -0.4 is 0 Å². The van der Waals surface area contributed by atoms with Gasteiger partial charge in [-0.15, -0.1) is 0 Å². The Labute approximate surface area is 140 Å². The van der Waals surface area contributed by atoms with Crippen molar-refractivity contribution in [2.75, 3.05) is 6.61 Å². The summed E-state index contributed by atoms with van der Waals surface area (Å²) in [5, 5.41) is 20.9. The van der Waals surface area contributed by atoms with Crippen molar-refractivity contribution < 1.29 is 14.9 Å². The highest BCUT2D eigenvalue weighted by Gasteiger charge is 2.59. The summed E-state index contributed by atoms with van der Waals surface area (Å²) in [5.41, 5.74) is 3.22. The number of aliphatic hydroxyl groups excluding tert-OH is 2. The molecule has 2 N–H and O–H groups in total. The van der Waals surface area contributed by atoms with Gasteiger partial charge in [-0.25, -0.2) is 0 Å². The van der Waals surface area contributed by atoms with Gasteiger partial charge < -0.3 is 14.9 Å². The zero-order valence-corrected chi connectivity index (χ0v) is 15.1. The zero-order valence-electron chi connectivity index (χ0n) is 15.1. The lowest BCUT2D eigenvalue weighted by Crippen LogP contribution is -2.54. The van der Waals surface area contributed by atoms with Gasteiger partial charge in [0.15, 0.2) is 0 Å². The number of hydrogen-bond acceptors (Lipinski definition) is 3. The van der Waals surface area contributed by atoms with E-state index >= 15 is 0 Å². The van der Waals surface area contributed by atoms with E-state index in [1.807, 2.05) is 0 Å². The molecule has 0 aromatic rings. The van der Waals surface area contributed by atoms with E-state index in [2.05, 4.69) is 27.7 Å². The molecule has 1 saturated carbocycles. The highest BCUT2D eigenvalue weighted by Crippen LogP contribution is 2.64. The van der Waals surface area contributed by atoms with Crippen LogP contribution in [0.5, 0.6) is 0 Å². The van der Waals surface area contributed by atoms with Crippen LogP contribution in [-0.4, -0.2) is 35.1 Å². The molecule has 0 amide bonds. The van der Waals surface area contributed by atoms with Crippen molar-refractivity contribution in [2.24, 2.45) is 22.2 Å². The van der Waals surface area contributed by atoms with E-state index in [0.29, 0.717) is 12.5 Å². The standard InChI is InChI=1S/C20H32O3/c1-18(2)14-6-5-12-13(19(14,3)10-8-15(18)21)7-9-20(4)16(22)11-23-17(12)20/h14-17,21-22H,5-11H2,1-4H3/t14?,15-,16+,17-,19-,20+/m0/s1. The van der Waals surface area contributed by atoms with E-state index in [1.54, 1.807) is 5.57 Å². The van der Waals surface area contributed by atoms with Gasteiger partial charge in [0.25, 0.3) is 0 Å².